The first-order chi connectivity index (χ1) is 23.4. The topological polar surface area (TPSA) is 216 Å². The zero-order valence-electron chi connectivity index (χ0n) is 29.2. The van der Waals surface area contributed by atoms with Crippen LogP contribution in [0.5, 0.6) is 0 Å². The Labute approximate surface area is 292 Å². The summed E-state index contributed by atoms with van der Waals surface area (Å²) in [7, 11) is 0. The van der Waals surface area contributed by atoms with Gasteiger partial charge < -0.3 is 25.5 Å². The first-order valence-corrected chi connectivity index (χ1v) is 17.5. The second-order valence-electron chi connectivity index (χ2n) is 15.8. The molecule has 0 spiro atoms. The molecule has 0 saturated heterocycles. The summed E-state index contributed by atoms with van der Waals surface area (Å²) in [6.07, 6.45) is 19.9. The Morgan fingerprint density at radius 1 is 0.820 bits per heavy atom. The molecule has 6 bridgehead atoms. The van der Waals surface area contributed by atoms with Crippen LogP contribution in [-0.4, -0.2) is 67.8 Å². The molecule has 12 nitrogen and oxygen atoms in total. The van der Waals surface area contributed by atoms with E-state index in [4.69, 9.17) is 15.3 Å². The number of carboxylic acid groups (broad SMARTS) is 4. The van der Waals surface area contributed by atoms with Crippen molar-refractivity contribution in [2.24, 2.45) is 63.6 Å². The van der Waals surface area contributed by atoms with Gasteiger partial charge in [0.25, 0.3) is 11.8 Å². The number of hydrogen-bond acceptors (Lipinski definition) is 7. The van der Waals surface area contributed by atoms with E-state index in [0.29, 0.717) is 42.9 Å². The maximum absolute atomic E-state index is 11.5. The molecule has 3 fully saturated rings. The number of carbonyl (C=O) groups excluding carboxylic acids is 2. The number of rotatable bonds is 8. The van der Waals surface area contributed by atoms with Crippen molar-refractivity contribution in [2.45, 2.75) is 79.1 Å². The first-order valence-electron chi connectivity index (χ1n) is 17.5. The third-order valence-corrected chi connectivity index (χ3v) is 12.1. The summed E-state index contributed by atoms with van der Waals surface area (Å²) in [5.41, 5.74) is -1.29. The number of aliphatic carboxylic acids is 4. The van der Waals surface area contributed by atoms with Crippen molar-refractivity contribution in [2.75, 3.05) is 6.61 Å². The van der Waals surface area contributed by atoms with E-state index in [2.05, 4.69) is 51.2 Å². The van der Waals surface area contributed by atoms with E-state index in [1.165, 1.54) is 0 Å². The number of fused-ring (bicyclic) bond motifs is 6. The van der Waals surface area contributed by atoms with Crippen LogP contribution in [0, 0.1) is 63.6 Å². The normalized spacial score (nSPS) is 35.3. The van der Waals surface area contributed by atoms with Crippen LogP contribution >= 0.6 is 0 Å². The van der Waals surface area contributed by atoms with Crippen molar-refractivity contribution >= 4 is 35.7 Å². The molecule has 0 radical (unpaired) electrons. The summed E-state index contributed by atoms with van der Waals surface area (Å²) in [5.74, 6) is -2.86. The lowest BCUT2D eigenvalue weighted by atomic mass is 9.60. The zero-order valence-corrected chi connectivity index (χ0v) is 29.2. The van der Waals surface area contributed by atoms with Gasteiger partial charge in [-0.15, -0.1) is 0 Å². The molecule has 274 valence electrons. The number of aliphatic hydroxyl groups is 1. The van der Waals surface area contributed by atoms with Gasteiger partial charge in [-0.1, -0.05) is 64.2 Å². The van der Waals surface area contributed by atoms with Gasteiger partial charge >= 0.3 is 23.9 Å². The van der Waals surface area contributed by atoms with E-state index in [9.17, 15) is 39.0 Å². The summed E-state index contributed by atoms with van der Waals surface area (Å²) in [6, 6.07) is 0. The van der Waals surface area contributed by atoms with E-state index in [0.717, 1.165) is 38.2 Å². The van der Waals surface area contributed by atoms with Gasteiger partial charge in [0.2, 0.25) is 0 Å². The van der Waals surface area contributed by atoms with Crippen LogP contribution in [0.4, 0.5) is 0 Å². The molecule has 7 aliphatic rings. The number of carbonyl (C=O) groups is 6. The Balaban J connectivity index is 0.000000151. The number of carboxylic acids is 4. The van der Waals surface area contributed by atoms with Crippen molar-refractivity contribution in [3.63, 3.8) is 0 Å². The molecule has 6 N–H and O–H groups in total. The van der Waals surface area contributed by atoms with Gasteiger partial charge in [0, 0.05) is 18.3 Å². The Morgan fingerprint density at radius 3 is 1.70 bits per heavy atom. The van der Waals surface area contributed by atoms with Crippen molar-refractivity contribution in [3.8, 4) is 0 Å². The van der Waals surface area contributed by atoms with Gasteiger partial charge in [0.1, 0.15) is 0 Å². The molecule has 1 aliphatic heterocycles. The SMILES string of the molecule is CC(C)(C)C1(C(=O)O)CC2C=CC1C2.CCC(C(=O)O)C1=CC(=O)NC1=O.O=C(O)C1(CCO)CC2C=CC1C2.O=C(O)C1CC2C=CC1C2. The summed E-state index contributed by atoms with van der Waals surface area (Å²) < 4.78 is 0. The van der Waals surface area contributed by atoms with Gasteiger partial charge in [-0.05, 0) is 92.3 Å². The van der Waals surface area contributed by atoms with Crippen molar-refractivity contribution in [3.05, 3.63) is 48.1 Å². The van der Waals surface area contributed by atoms with Gasteiger partial charge in [0.05, 0.1) is 22.7 Å². The number of amides is 2. The number of aliphatic hydroxyl groups excluding tert-OH is 1. The number of allylic oxidation sites excluding steroid dienone is 6. The quantitative estimate of drug-likeness (QED) is 0.151. The molecule has 0 aromatic heterocycles. The average Bonchev–Trinajstić information content (AvgIpc) is 3.89. The lowest BCUT2D eigenvalue weighted by Crippen LogP contribution is -2.46. The van der Waals surface area contributed by atoms with Gasteiger partial charge in [0.15, 0.2) is 0 Å². The standard InChI is InChI=1S/C12H18O2.C10H14O3.C8H9NO4.C8H10O2/c1-11(2,3)12(10(13)14)7-8-4-5-9(12)6-8;11-4-3-10(9(12)13)6-7-1-2-8(10)5-7;1-2-4(8(12)13)5-3-6(10)9-7(5)11;9-8(10)7-4-5-1-2-6(7)3-5/h4-5,8-9H,6-7H2,1-3H3,(H,13,14);1-2,7-8,11H,3-6H2,(H,12,13);3-4H,2H2,1H3,(H,12,13)(H,9,10,11);1-2,5-7H,3-4H2,(H,9,10). The molecule has 1 heterocycles. The van der Waals surface area contributed by atoms with Crippen LogP contribution in [-0.2, 0) is 28.8 Å². The Kier molecular flexibility index (Phi) is 11.7. The molecule has 0 aromatic rings. The number of hydrogen-bond donors (Lipinski definition) is 6. The Hall–Kier alpha value is -4.06. The maximum atomic E-state index is 11.5. The van der Waals surface area contributed by atoms with Crippen LogP contribution in [0.25, 0.3) is 0 Å². The van der Waals surface area contributed by atoms with Crippen molar-refractivity contribution < 1.29 is 54.3 Å². The summed E-state index contributed by atoms with van der Waals surface area (Å²) >= 11 is 0. The lowest BCUT2D eigenvalue weighted by molar-refractivity contribution is -0.159. The van der Waals surface area contributed by atoms with E-state index < -0.39 is 52.4 Å². The monoisotopic (exact) mass is 697 g/mol. The molecule has 10 atom stereocenters. The van der Waals surface area contributed by atoms with Crippen LogP contribution in [0.1, 0.15) is 79.1 Å². The minimum Gasteiger partial charge on any atom is -0.481 e. The maximum Gasteiger partial charge on any atom is 0.311 e. The van der Waals surface area contributed by atoms with Gasteiger partial charge in [-0.2, -0.15) is 0 Å². The highest BCUT2D eigenvalue weighted by Gasteiger charge is 2.59. The molecule has 6 aliphatic carbocycles. The highest BCUT2D eigenvalue weighted by molar-refractivity contribution is 6.18. The predicted molar refractivity (Wildman–Crippen MR) is 181 cm³/mol. The first kappa shape index (κ1) is 38.7. The minimum absolute atomic E-state index is 0.0244. The molecule has 12 heteroatoms. The van der Waals surface area contributed by atoms with Crippen molar-refractivity contribution in [1.82, 2.24) is 5.32 Å². The second kappa shape index (κ2) is 15.0. The fourth-order valence-electron chi connectivity index (χ4n) is 9.36. The highest BCUT2D eigenvalue weighted by Crippen LogP contribution is 2.60. The summed E-state index contributed by atoms with van der Waals surface area (Å²) in [6.45, 7) is 7.78. The Morgan fingerprint density at radius 2 is 1.42 bits per heavy atom. The van der Waals surface area contributed by atoms with E-state index in [-0.39, 0.29) is 35.3 Å². The number of nitrogens with one attached hydrogen (secondary N) is 1. The average molecular weight is 698 g/mol. The fourth-order valence-corrected chi connectivity index (χ4v) is 9.36. The Bertz CT molecular complexity index is 1500. The molecule has 50 heavy (non-hydrogen) atoms. The summed E-state index contributed by atoms with van der Waals surface area (Å²) in [4.78, 5) is 65.6. The van der Waals surface area contributed by atoms with Crippen LogP contribution in [0.15, 0.2) is 48.1 Å². The third kappa shape index (κ3) is 7.50. The summed E-state index contributed by atoms with van der Waals surface area (Å²) in [5, 5.41) is 47.0. The smallest absolute Gasteiger partial charge is 0.311 e. The minimum atomic E-state index is -1.08. The van der Waals surface area contributed by atoms with E-state index >= 15 is 0 Å². The molecule has 10 unspecified atom stereocenters. The number of imide groups is 1. The van der Waals surface area contributed by atoms with Gasteiger partial charge in [-0.25, -0.2) is 0 Å². The second-order valence-corrected chi connectivity index (χ2v) is 15.8. The predicted octanol–water partition coefficient (Wildman–Crippen LogP) is 4.70. The molecular formula is C38H51NO11. The molecular weight excluding hydrogens is 646 g/mol. The fraction of sp³-hybridized carbons (Fsp3) is 0.632. The van der Waals surface area contributed by atoms with E-state index in [1.807, 2.05) is 11.4 Å². The molecule has 7 rings (SSSR count). The highest BCUT2D eigenvalue weighted by atomic mass is 16.4. The lowest BCUT2D eigenvalue weighted by Gasteiger charge is -2.42. The van der Waals surface area contributed by atoms with E-state index in [1.54, 1.807) is 6.92 Å². The zero-order chi connectivity index (χ0) is 37.2. The third-order valence-electron chi connectivity index (χ3n) is 12.1. The van der Waals surface area contributed by atoms with Crippen molar-refractivity contribution in [1.29, 1.82) is 0 Å². The van der Waals surface area contributed by atoms with Gasteiger partial charge in [-0.3, -0.25) is 34.1 Å². The van der Waals surface area contributed by atoms with Crippen LogP contribution < -0.4 is 5.32 Å². The van der Waals surface area contributed by atoms with Crippen LogP contribution in [0.3, 0.4) is 0 Å². The largest absolute Gasteiger partial charge is 0.481 e. The molecule has 2 amide bonds. The molecule has 3 saturated carbocycles. The molecule has 0 aromatic carbocycles. The van der Waals surface area contributed by atoms with Crippen LogP contribution in [0.2, 0.25) is 0 Å².